The lowest BCUT2D eigenvalue weighted by atomic mass is 10.0. The molecule has 0 unspecified atom stereocenters. The van der Waals surface area contributed by atoms with Gasteiger partial charge in [0.15, 0.2) is 11.3 Å². The Bertz CT molecular complexity index is 1640. The van der Waals surface area contributed by atoms with E-state index in [-0.39, 0.29) is 17.9 Å². The average Bonchev–Trinajstić information content (AvgIpc) is 3.30. The van der Waals surface area contributed by atoms with Crippen LogP contribution < -0.4 is 5.32 Å². The third-order valence-electron chi connectivity index (χ3n) is 6.85. The highest BCUT2D eigenvalue weighted by molar-refractivity contribution is 5.96. The second-order valence-corrected chi connectivity index (χ2v) is 9.84. The predicted molar refractivity (Wildman–Crippen MR) is 137 cm³/mol. The first-order valence-electron chi connectivity index (χ1n) is 13.0. The van der Waals surface area contributed by atoms with Crippen LogP contribution in [0, 0.1) is 0 Å². The highest BCUT2D eigenvalue weighted by Crippen LogP contribution is 2.46. The number of hydrogen-bond acceptors (Lipinski definition) is 7. The van der Waals surface area contributed by atoms with E-state index in [4.69, 9.17) is 4.42 Å². The van der Waals surface area contributed by atoms with Gasteiger partial charge in [-0.2, -0.15) is 18.3 Å². The molecule has 0 bridgehead atoms. The van der Waals surface area contributed by atoms with Crippen molar-refractivity contribution < 1.29 is 22.4 Å². The monoisotopic (exact) mass is 550 g/mol. The Morgan fingerprint density at radius 1 is 1.12 bits per heavy atom. The first kappa shape index (κ1) is 25.7. The van der Waals surface area contributed by atoms with Gasteiger partial charge in [-0.25, -0.2) is 0 Å². The fourth-order valence-electron chi connectivity index (χ4n) is 4.67. The number of unbranched alkanes of at least 4 members (excludes halogenated alkanes) is 1. The van der Waals surface area contributed by atoms with Crippen LogP contribution in [0.3, 0.4) is 0 Å². The number of amides is 1. The first-order valence-corrected chi connectivity index (χ1v) is 13.0. The van der Waals surface area contributed by atoms with Crippen molar-refractivity contribution in [3.8, 4) is 11.1 Å². The SMILES string of the molecule is O=C(NCc1cc(C(F)(F)F)ccn1)c1cn(CCCCc2cc3c(-c4ccoc4)c(C4CC4)[nH]c3nn2)nn1. The van der Waals surface area contributed by atoms with Crippen molar-refractivity contribution in [3.05, 3.63) is 77.5 Å². The van der Waals surface area contributed by atoms with Gasteiger partial charge in [-0.05, 0) is 62.3 Å². The molecule has 0 radical (unpaired) electrons. The smallest absolute Gasteiger partial charge is 0.416 e. The molecule has 0 spiro atoms. The van der Waals surface area contributed by atoms with Gasteiger partial charge in [0.2, 0.25) is 0 Å². The van der Waals surface area contributed by atoms with E-state index in [1.54, 1.807) is 17.2 Å². The highest BCUT2D eigenvalue weighted by atomic mass is 19.4. The highest BCUT2D eigenvalue weighted by Gasteiger charge is 2.31. The third-order valence-corrected chi connectivity index (χ3v) is 6.85. The van der Waals surface area contributed by atoms with E-state index in [0.29, 0.717) is 12.5 Å². The molecule has 1 aliphatic rings. The number of aromatic amines is 1. The van der Waals surface area contributed by atoms with E-state index in [0.717, 1.165) is 78.3 Å². The van der Waals surface area contributed by atoms with Gasteiger partial charge in [0.05, 0.1) is 42.2 Å². The molecule has 6 rings (SSSR count). The molecule has 1 amide bonds. The van der Waals surface area contributed by atoms with E-state index in [1.807, 2.05) is 6.07 Å². The number of furan rings is 1. The second-order valence-electron chi connectivity index (χ2n) is 9.84. The van der Waals surface area contributed by atoms with Crippen molar-refractivity contribution in [1.29, 1.82) is 0 Å². The third kappa shape index (κ3) is 5.58. The number of aromatic nitrogens is 7. The summed E-state index contributed by atoms with van der Waals surface area (Å²) in [5.74, 6) is -0.0195. The van der Waals surface area contributed by atoms with Crippen LogP contribution in [0.2, 0.25) is 0 Å². The molecule has 206 valence electrons. The molecular weight excluding hydrogens is 525 g/mol. The summed E-state index contributed by atoms with van der Waals surface area (Å²) in [7, 11) is 0. The van der Waals surface area contributed by atoms with Gasteiger partial charge in [0, 0.05) is 34.9 Å². The van der Waals surface area contributed by atoms with E-state index in [2.05, 4.69) is 41.9 Å². The quantitative estimate of drug-likeness (QED) is 0.233. The van der Waals surface area contributed by atoms with Crippen LogP contribution >= 0.6 is 0 Å². The van der Waals surface area contributed by atoms with Crippen molar-refractivity contribution in [3.63, 3.8) is 0 Å². The van der Waals surface area contributed by atoms with Crippen molar-refractivity contribution in [2.24, 2.45) is 0 Å². The number of hydrogen-bond donors (Lipinski definition) is 2. The summed E-state index contributed by atoms with van der Waals surface area (Å²) >= 11 is 0. The van der Waals surface area contributed by atoms with Crippen molar-refractivity contribution in [1.82, 2.24) is 40.5 Å². The normalized spacial score (nSPS) is 13.7. The van der Waals surface area contributed by atoms with Crippen LogP contribution in [0.25, 0.3) is 22.2 Å². The number of fused-ring (bicyclic) bond motifs is 1. The number of nitrogens with one attached hydrogen (secondary N) is 2. The lowest BCUT2D eigenvalue weighted by molar-refractivity contribution is -0.137. The maximum absolute atomic E-state index is 12.9. The zero-order valence-corrected chi connectivity index (χ0v) is 21.3. The molecule has 0 atom stereocenters. The summed E-state index contributed by atoms with van der Waals surface area (Å²) in [5.41, 5.74) is 4.38. The zero-order chi connectivity index (χ0) is 27.7. The van der Waals surface area contributed by atoms with Crippen molar-refractivity contribution >= 4 is 16.9 Å². The number of alkyl halides is 3. The van der Waals surface area contributed by atoms with Crippen LogP contribution in [0.4, 0.5) is 13.2 Å². The molecule has 5 aromatic heterocycles. The molecule has 0 aromatic carbocycles. The van der Waals surface area contributed by atoms with Crippen LogP contribution in [0.1, 0.15) is 64.7 Å². The van der Waals surface area contributed by atoms with Gasteiger partial charge in [0.1, 0.15) is 0 Å². The fraction of sp³-hybridized carbons (Fsp3) is 0.333. The van der Waals surface area contributed by atoms with Gasteiger partial charge in [-0.3, -0.25) is 14.5 Å². The van der Waals surface area contributed by atoms with Gasteiger partial charge in [-0.1, -0.05) is 5.21 Å². The Balaban J connectivity index is 1.02. The Morgan fingerprint density at radius 2 is 2.00 bits per heavy atom. The fourth-order valence-corrected chi connectivity index (χ4v) is 4.67. The summed E-state index contributed by atoms with van der Waals surface area (Å²) in [6, 6.07) is 5.83. The molecular formula is C27H25F3N8O2. The minimum Gasteiger partial charge on any atom is -0.472 e. The second kappa shape index (κ2) is 10.5. The number of halogens is 3. The summed E-state index contributed by atoms with van der Waals surface area (Å²) in [6.07, 6.45) is 6.17. The van der Waals surface area contributed by atoms with Crippen molar-refractivity contribution in [2.45, 2.75) is 57.3 Å². The molecule has 0 aliphatic heterocycles. The Labute approximate surface area is 226 Å². The summed E-state index contributed by atoms with van der Waals surface area (Å²) in [4.78, 5) is 19.7. The molecule has 1 aliphatic carbocycles. The first-order chi connectivity index (χ1) is 19.3. The molecule has 10 nitrogen and oxygen atoms in total. The Kier molecular flexibility index (Phi) is 6.78. The maximum Gasteiger partial charge on any atom is 0.416 e. The molecule has 2 N–H and O–H groups in total. The van der Waals surface area contributed by atoms with Gasteiger partial charge >= 0.3 is 6.18 Å². The van der Waals surface area contributed by atoms with Crippen LogP contribution in [-0.2, 0) is 25.7 Å². The summed E-state index contributed by atoms with van der Waals surface area (Å²) in [5, 5.41) is 20.3. The molecule has 1 fully saturated rings. The van der Waals surface area contributed by atoms with Crippen LogP contribution in [-0.4, -0.2) is 41.1 Å². The maximum atomic E-state index is 12.9. The number of carbonyl (C=O) groups excluding carboxylic acids is 1. The average molecular weight is 551 g/mol. The molecule has 5 aromatic rings. The lowest BCUT2D eigenvalue weighted by Crippen LogP contribution is -2.24. The zero-order valence-electron chi connectivity index (χ0n) is 21.3. The van der Waals surface area contributed by atoms with Gasteiger partial charge < -0.3 is 14.7 Å². The minimum absolute atomic E-state index is 0.0778. The van der Waals surface area contributed by atoms with Gasteiger partial charge in [-0.15, -0.1) is 10.2 Å². The Morgan fingerprint density at radius 3 is 2.77 bits per heavy atom. The van der Waals surface area contributed by atoms with E-state index < -0.39 is 17.6 Å². The number of H-pyrrole nitrogens is 1. The van der Waals surface area contributed by atoms with Crippen LogP contribution in [0.15, 0.2) is 53.6 Å². The summed E-state index contributed by atoms with van der Waals surface area (Å²) in [6.45, 7) is 0.383. The number of carbonyl (C=O) groups is 1. The molecule has 13 heteroatoms. The minimum atomic E-state index is -4.48. The van der Waals surface area contributed by atoms with Crippen molar-refractivity contribution in [2.75, 3.05) is 0 Å². The van der Waals surface area contributed by atoms with E-state index in [9.17, 15) is 18.0 Å². The standard InChI is InChI=1S/C27H25F3N8O2/c28-27(29,30)18-6-8-31-20(11-18)13-32-26(39)22-14-38(37-35-22)9-2-1-3-19-12-21-23(17-7-10-40-15-17)24(16-4-5-16)33-25(21)36-34-19/h6-8,10-12,14-16H,1-5,9,13H2,(H,32,39)(H,33,36). The Hall–Kier alpha value is -4.55. The molecule has 5 heterocycles. The molecule has 0 saturated heterocycles. The van der Waals surface area contributed by atoms with E-state index >= 15 is 0 Å². The molecule has 1 saturated carbocycles. The van der Waals surface area contributed by atoms with E-state index in [1.165, 1.54) is 11.9 Å². The predicted octanol–water partition coefficient (Wildman–Crippen LogP) is 5.05. The largest absolute Gasteiger partial charge is 0.472 e. The topological polar surface area (TPSA) is 127 Å². The molecule has 40 heavy (non-hydrogen) atoms. The lowest BCUT2D eigenvalue weighted by Gasteiger charge is -2.08. The number of pyridine rings is 1. The number of aryl methyl sites for hydroxylation is 2. The van der Waals surface area contributed by atoms with Gasteiger partial charge in [0.25, 0.3) is 5.91 Å². The summed E-state index contributed by atoms with van der Waals surface area (Å²) < 4.78 is 45.5. The number of nitrogens with zero attached hydrogens (tertiary/aromatic N) is 6. The number of rotatable bonds is 10. The van der Waals surface area contributed by atoms with Crippen LogP contribution in [0.5, 0.6) is 0 Å².